The summed E-state index contributed by atoms with van der Waals surface area (Å²) in [6, 6.07) is 6.07. The fraction of sp³-hybridized carbons (Fsp3) is 0.273. The highest BCUT2D eigenvalue weighted by Crippen LogP contribution is 2.29. The molecule has 2 aromatic rings. The summed E-state index contributed by atoms with van der Waals surface area (Å²) in [5.74, 6) is 0.389. The normalized spacial score (nSPS) is 11.8. The van der Waals surface area contributed by atoms with Crippen LogP contribution in [0.3, 0.4) is 0 Å². The van der Waals surface area contributed by atoms with Crippen LogP contribution in [0.15, 0.2) is 30.5 Å². The number of rotatable bonds is 2. The first-order chi connectivity index (χ1) is 8.02. The zero-order valence-corrected chi connectivity index (χ0v) is 9.07. The topological polar surface area (TPSA) is 30.7 Å². The number of aromatic nitrogens is 3. The Morgan fingerprint density at radius 2 is 2.06 bits per heavy atom. The highest BCUT2D eigenvalue weighted by Gasteiger charge is 2.34. The van der Waals surface area contributed by atoms with Gasteiger partial charge in [-0.1, -0.05) is 13.0 Å². The van der Waals surface area contributed by atoms with Crippen molar-refractivity contribution in [3.05, 3.63) is 41.9 Å². The van der Waals surface area contributed by atoms with E-state index in [4.69, 9.17) is 0 Å². The number of pyridine rings is 1. The molecule has 2 rings (SSSR count). The average molecular weight is 241 g/mol. The maximum absolute atomic E-state index is 12.5. The monoisotopic (exact) mass is 241 g/mol. The Morgan fingerprint density at radius 1 is 1.29 bits per heavy atom. The van der Waals surface area contributed by atoms with Crippen LogP contribution >= 0.6 is 0 Å². The maximum atomic E-state index is 12.5. The van der Waals surface area contributed by atoms with E-state index < -0.39 is 11.9 Å². The standard InChI is InChI=1S/C11H10F3N3/c1-2-8-7-9(11(12,13)14)16-17(8)10-5-3-4-6-15-10/h3-7H,2H2,1H3. The Morgan fingerprint density at radius 3 is 2.59 bits per heavy atom. The van der Waals surface area contributed by atoms with E-state index in [0.717, 1.165) is 6.07 Å². The lowest BCUT2D eigenvalue weighted by Gasteiger charge is -2.03. The molecule has 0 bridgehead atoms. The van der Waals surface area contributed by atoms with Crippen molar-refractivity contribution in [1.29, 1.82) is 0 Å². The molecule has 0 saturated heterocycles. The molecule has 0 aliphatic carbocycles. The van der Waals surface area contributed by atoms with Gasteiger partial charge in [-0.15, -0.1) is 0 Å². The molecule has 3 nitrogen and oxygen atoms in total. The van der Waals surface area contributed by atoms with Crippen LogP contribution in [0, 0.1) is 0 Å². The Kier molecular flexibility index (Phi) is 2.87. The highest BCUT2D eigenvalue weighted by molar-refractivity contribution is 5.26. The lowest BCUT2D eigenvalue weighted by atomic mass is 10.3. The van der Waals surface area contributed by atoms with Gasteiger partial charge < -0.3 is 0 Å². The molecule has 90 valence electrons. The van der Waals surface area contributed by atoms with E-state index in [1.165, 1.54) is 10.9 Å². The molecule has 0 unspecified atom stereocenters. The molecule has 0 aliphatic heterocycles. The van der Waals surface area contributed by atoms with Crippen molar-refractivity contribution in [2.24, 2.45) is 0 Å². The second-order valence-electron chi connectivity index (χ2n) is 3.47. The molecule has 6 heteroatoms. The second-order valence-corrected chi connectivity index (χ2v) is 3.47. The lowest BCUT2D eigenvalue weighted by molar-refractivity contribution is -0.141. The maximum Gasteiger partial charge on any atom is 0.435 e. The van der Waals surface area contributed by atoms with Crippen LogP contribution in [0.1, 0.15) is 18.3 Å². The smallest absolute Gasteiger partial charge is 0.237 e. The minimum absolute atomic E-state index is 0.389. The lowest BCUT2D eigenvalue weighted by Crippen LogP contribution is -2.08. The van der Waals surface area contributed by atoms with Gasteiger partial charge in [-0.2, -0.15) is 18.3 Å². The van der Waals surface area contributed by atoms with Crippen molar-refractivity contribution < 1.29 is 13.2 Å². The van der Waals surface area contributed by atoms with E-state index in [0.29, 0.717) is 17.9 Å². The van der Waals surface area contributed by atoms with Crippen LogP contribution in [0.4, 0.5) is 13.2 Å². The first-order valence-electron chi connectivity index (χ1n) is 5.10. The Hall–Kier alpha value is -1.85. The van der Waals surface area contributed by atoms with Crippen LogP contribution in [0.2, 0.25) is 0 Å². The van der Waals surface area contributed by atoms with Crippen molar-refractivity contribution in [3.63, 3.8) is 0 Å². The second kappa shape index (κ2) is 4.20. The van der Waals surface area contributed by atoms with Crippen molar-refractivity contribution in [1.82, 2.24) is 14.8 Å². The van der Waals surface area contributed by atoms with E-state index in [9.17, 15) is 13.2 Å². The predicted octanol–water partition coefficient (Wildman–Crippen LogP) is 2.85. The third-order valence-corrected chi connectivity index (χ3v) is 2.30. The van der Waals surface area contributed by atoms with Gasteiger partial charge >= 0.3 is 6.18 Å². The Bertz CT molecular complexity index is 502. The van der Waals surface area contributed by atoms with Crippen LogP contribution in [-0.2, 0) is 12.6 Å². The molecule has 0 saturated carbocycles. The Labute approximate surface area is 95.9 Å². The average Bonchev–Trinajstić information content (AvgIpc) is 2.73. The molecule has 2 heterocycles. The molecular formula is C11H10F3N3. The van der Waals surface area contributed by atoms with Gasteiger partial charge in [0.15, 0.2) is 11.5 Å². The first-order valence-corrected chi connectivity index (χ1v) is 5.10. The summed E-state index contributed by atoms with van der Waals surface area (Å²) >= 11 is 0. The first kappa shape index (κ1) is 11.6. The van der Waals surface area contributed by atoms with E-state index >= 15 is 0 Å². The van der Waals surface area contributed by atoms with Crippen molar-refractivity contribution in [2.75, 3.05) is 0 Å². The van der Waals surface area contributed by atoms with Gasteiger partial charge in [-0.25, -0.2) is 9.67 Å². The fourth-order valence-corrected chi connectivity index (χ4v) is 1.49. The minimum Gasteiger partial charge on any atom is -0.237 e. The fourth-order valence-electron chi connectivity index (χ4n) is 1.49. The van der Waals surface area contributed by atoms with Crippen LogP contribution in [0.25, 0.3) is 5.82 Å². The molecule has 0 fully saturated rings. The van der Waals surface area contributed by atoms with Crippen molar-refractivity contribution >= 4 is 0 Å². The third-order valence-electron chi connectivity index (χ3n) is 2.30. The van der Waals surface area contributed by atoms with Gasteiger partial charge in [0.05, 0.1) is 0 Å². The number of hydrogen-bond acceptors (Lipinski definition) is 2. The molecule has 0 atom stereocenters. The van der Waals surface area contributed by atoms with Gasteiger partial charge in [0.1, 0.15) is 0 Å². The summed E-state index contributed by atoms with van der Waals surface area (Å²) in [5.41, 5.74) is -0.406. The largest absolute Gasteiger partial charge is 0.435 e. The summed E-state index contributed by atoms with van der Waals surface area (Å²) in [6.45, 7) is 1.77. The highest BCUT2D eigenvalue weighted by atomic mass is 19.4. The molecule has 0 aliphatic rings. The third kappa shape index (κ3) is 2.30. The summed E-state index contributed by atoms with van der Waals surface area (Å²) in [6.07, 6.45) is -2.45. The zero-order valence-electron chi connectivity index (χ0n) is 9.07. The molecule has 0 spiro atoms. The summed E-state index contributed by atoms with van der Waals surface area (Å²) in [7, 11) is 0. The molecule has 0 radical (unpaired) electrons. The quantitative estimate of drug-likeness (QED) is 0.809. The minimum atomic E-state index is -4.43. The summed E-state index contributed by atoms with van der Waals surface area (Å²) in [4.78, 5) is 3.99. The number of alkyl halides is 3. The van der Waals surface area contributed by atoms with Crippen LogP contribution in [-0.4, -0.2) is 14.8 Å². The van der Waals surface area contributed by atoms with Crippen molar-refractivity contribution in [2.45, 2.75) is 19.5 Å². The predicted molar refractivity (Wildman–Crippen MR) is 55.7 cm³/mol. The zero-order chi connectivity index (χ0) is 12.5. The molecule has 0 N–H and O–H groups in total. The number of aryl methyl sites for hydroxylation is 1. The van der Waals surface area contributed by atoms with E-state index in [2.05, 4.69) is 10.1 Å². The van der Waals surface area contributed by atoms with Crippen LogP contribution in [0.5, 0.6) is 0 Å². The van der Waals surface area contributed by atoms with Gasteiger partial charge in [0, 0.05) is 11.9 Å². The molecule has 17 heavy (non-hydrogen) atoms. The van der Waals surface area contributed by atoms with Gasteiger partial charge in [-0.05, 0) is 24.6 Å². The Balaban J connectivity index is 2.51. The number of hydrogen-bond donors (Lipinski definition) is 0. The number of nitrogens with zero attached hydrogens (tertiary/aromatic N) is 3. The molecule has 0 aromatic carbocycles. The van der Waals surface area contributed by atoms with Gasteiger partial charge in [0.2, 0.25) is 0 Å². The molecular weight excluding hydrogens is 231 g/mol. The van der Waals surface area contributed by atoms with Crippen LogP contribution < -0.4 is 0 Å². The van der Waals surface area contributed by atoms with E-state index in [1.54, 1.807) is 25.1 Å². The van der Waals surface area contributed by atoms with Crippen molar-refractivity contribution in [3.8, 4) is 5.82 Å². The van der Waals surface area contributed by atoms with Gasteiger partial charge in [-0.3, -0.25) is 0 Å². The van der Waals surface area contributed by atoms with E-state index in [1.807, 2.05) is 0 Å². The molecule has 0 amide bonds. The SMILES string of the molecule is CCc1cc(C(F)(F)F)nn1-c1ccccn1. The van der Waals surface area contributed by atoms with Gasteiger partial charge in [0.25, 0.3) is 0 Å². The molecule has 2 aromatic heterocycles. The summed E-state index contributed by atoms with van der Waals surface area (Å²) in [5, 5.41) is 3.55. The summed E-state index contributed by atoms with van der Waals surface area (Å²) < 4.78 is 38.8. The van der Waals surface area contributed by atoms with E-state index in [-0.39, 0.29) is 0 Å². The number of halogens is 3.